The molecule has 2 N–H and O–H groups in total. The Bertz CT molecular complexity index is 216. The quantitative estimate of drug-likeness (QED) is 0.596. The molecule has 1 amide bonds. The molecule has 0 radical (unpaired) electrons. The van der Waals surface area contributed by atoms with Crippen molar-refractivity contribution in [1.29, 1.82) is 0 Å². The van der Waals surface area contributed by atoms with Gasteiger partial charge in [0.2, 0.25) is 5.91 Å². The molecule has 0 aliphatic rings. The van der Waals surface area contributed by atoms with Crippen LogP contribution in [0.1, 0.15) is 58.8 Å². The molecule has 0 aromatic heterocycles. The minimum absolute atomic E-state index is 0.147. The lowest BCUT2D eigenvalue weighted by atomic mass is 10.1. The van der Waals surface area contributed by atoms with E-state index in [4.69, 9.17) is 5.11 Å². The Morgan fingerprint density at radius 1 is 1.12 bits per heavy atom. The molecule has 0 spiro atoms. The predicted octanol–water partition coefficient (Wildman–Crippen LogP) is 2.33. The molecule has 4 heteroatoms. The van der Waals surface area contributed by atoms with Crippen molar-refractivity contribution in [2.45, 2.75) is 64.8 Å². The number of carboxylic acids is 1. The second-order valence-electron chi connectivity index (χ2n) is 4.06. The number of unbranched alkanes of at least 4 members (excludes halogenated alkanes) is 3. The number of carboxylic acid groups (broad SMARTS) is 1. The van der Waals surface area contributed by atoms with E-state index >= 15 is 0 Å². The van der Waals surface area contributed by atoms with Gasteiger partial charge >= 0.3 is 5.97 Å². The maximum absolute atomic E-state index is 11.4. The summed E-state index contributed by atoms with van der Waals surface area (Å²) in [5.74, 6) is -1.08. The summed E-state index contributed by atoms with van der Waals surface area (Å²) in [6.45, 7) is 4.07. The first kappa shape index (κ1) is 14.9. The van der Waals surface area contributed by atoms with Crippen LogP contribution in [0.15, 0.2) is 0 Å². The summed E-state index contributed by atoms with van der Waals surface area (Å²) in [4.78, 5) is 22.3. The molecule has 0 aromatic rings. The summed E-state index contributed by atoms with van der Waals surface area (Å²) < 4.78 is 0. The van der Waals surface area contributed by atoms with E-state index in [9.17, 15) is 9.59 Å². The van der Waals surface area contributed by atoms with Crippen molar-refractivity contribution in [2.75, 3.05) is 0 Å². The molecule has 0 aromatic carbocycles. The maximum Gasteiger partial charge on any atom is 0.326 e. The van der Waals surface area contributed by atoms with Crippen LogP contribution in [0, 0.1) is 0 Å². The molecule has 0 saturated heterocycles. The van der Waals surface area contributed by atoms with Crippen molar-refractivity contribution < 1.29 is 14.7 Å². The van der Waals surface area contributed by atoms with Crippen molar-refractivity contribution in [3.05, 3.63) is 0 Å². The number of rotatable bonds is 9. The lowest BCUT2D eigenvalue weighted by Gasteiger charge is -2.14. The van der Waals surface area contributed by atoms with Crippen molar-refractivity contribution in [1.82, 2.24) is 5.32 Å². The highest BCUT2D eigenvalue weighted by Gasteiger charge is 2.18. The van der Waals surface area contributed by atoms with Crippen LogP contribution in [-0.4, -0.2) is 23.0 Å². The standard InChI is InChI=1S/C12H23NO3/c1-3-5-7-8-10(12(15)16)13-11(14)9-6-4-2/h10H,3-9H2,1-2H3,(H,13,14)(H,15,16). The van der Waals surface area contributed by atoms with Gasteiger partial charge in [-0.3, -0.25) is 4.79 Å². The van der Waals surface area contributed by atoms with Gasteiger partial charge in [-0.2, -0.15) is 0 Å². The van der Waals surface area contributed by atoms with E-state index in [1.807, 2.05) is 6.92 Å². The van der Waals surface area contributed by atoms with Crippen molar-refractivity contribution in [3.8, 4) is 0 Å². The van der Waals surface area contributed by atoms with E-state index in [0.29, 0.717) is 12.8 Å². The SMILES string of the molecule is CCCCCC(NC(=O)CCCC)C(=O)O. The highest BCUT2D eigenvalue weighted by atomic mass is 16.4. The first-order chi connectivity index (χ1) is 7.61. The molecule has 94 valence electrons. The number of hydrogen-bond acceptors (Lipinski definition) is 2. The van der Waals surface area contributed by atoms with Crippen LogP contribution >= 0.6 is 0 Å². The fourth-order valence-corrected chi connectivity index (χ4v) is 1.46. The van der Waals surface area contributed by atoms with Crippen LogP contribution in [0.4, 0.5) is 0 Å². The highest BCUT2D eigenvalue weighted by Crippen LogP contribution is 2.04. The maximum atomic E-state index is 11.4. The molecule has 0 fully saturated rings. The minimum atomic E-state index is -0.930. The Morgan fingerprint density at radius 3 is 2.25 bits per heavy atom. The number of aliphatic carboxylic acids is 1. The molecule has 0 aliphatic heterocycles. The van der Waals surface area contributed by atoms with E-state index in [-0.39, 0.29) is 5.91 Å². The van der Waals surface area contributed by atoms with Gasteiger partial charge in [-0.25, -0.2) is 4.79 Å². The van der Waals surface area contributed by atoms with Crippen molar-refractivity contribution in [2.24, 2.45) is 0 Å². The Balaban J connectivity index is 3.92. The second kappa shape index (κ2) is 9.19. The smallest absolute Gasteiger partial charge is 0.326 e. The van der Waals surface area contributed by atoms with Gasteiger partial charge in [0.25, 0.3) is 0 Å². The van der Waals surface area contributed by atoms with Gasteiger partial charge in [-0.1, -0.05) is 39.5 Å². The fourth-order valence-electron chi connectivity index (χ4n) is 1.46. The summed E-state index contributed by atoms with van der Waals surface area (Å²) >= 11 is 0. The van der Waals surface area contributed by atoms with Crippen molar-refractivity contribution in [3.63, 3.8) is 0 Å². The summed E-state index contributed by atoms with van der Waals surface area (Å²) in [5.41, 5.74) is 0. The molecular formula is C12H23NO3. The molecule has 0 aliphatic carbocycles. The zero-order chi connectivity index (χ0) is 12.4. The summed E-state index contributed by atoms with van der Waals surface area (Å²) in [7, 11) is 0. The normalized spacial score (nSPS) is 12.1. The minimum Gasteiger partial charge on any atom is -0.480 e. The largest absolute Gasteiger partial charge is 0.480 e. The summed E-state index contributed by atoms with van der Waals surface area (Å²) in [5, 5.41) is 11.5. The monoisotopic (exact) mass is 229 g/mol. The Hall–Kier alpha value is -1.06. The number of nitrogens with one attached hydrogen (secondary N) is 1. The molecule has 0 rings (SSSR count). The second-order valence-corrected chi connectivity index (χ2v) is 4.06. The first-order valence-electron chi connectivity index (χ1n) is 6.14. The number of carbonyl (C=O) groups is 2. The summed E-state index contributed by atoms with van der Waals surface area (Å²) in [6, 6.07) is -0.712. The topological polar surface area (TPSA) is 66.4 Å². The fraction of sp³-hybridized carbons (Fsp3) is 0.833. The van der Waals surface area contributed by atoms with Gasteiger partial charge in [0.05, 0.1) is 0 Å². The zero-order valence-corrected chi connectivity index (χ0v) is 10.3. The highest BCUT2D eigenvalue weighted by molar-refractivity contribution is 5.83. The third-order valence-electron chi connectivity index (χ3n) is 2.49. The van der Waals surface area contributed by atoms with E-state index in [1.165, 1.54) is 0 Å². The van der Waals surface area contributed by atoms with E-state index in [0.717, 1.165) is 32.1 Å². The molecule has 0 bridgehead atoms. The molecule has 0 saturated carbocycles. The van der Waals surface area contributed by atoms with E-state index in [2.05, 4.69) is 12.2 Å². The Labute approximate surface area is 97.4 Å². The third-order valence-corrected chi connectivity index (χ3v) is 2.49. The molecule has 16 heavy (non-hydrogen) atoms. The van der Waals surface area contributed by atoms with Crippen LogP contribution < -0.4 is 5.32 Å². The van der Waals surface area contributed by atoms with Crippen molar-refractivity contribution >= 4 is 11.9 Å². The van der Waals surface area contributed by atoms with Crippen LogP contribution in [0.3, 0.4) is 0 Å². The Morgan fingerprint density at radius 2 is 1.75 bits per heavy atom. The lowest BCUT2D eigenvalue weighted by Crippen LogP contribution is -2.40. The van der Waals surface area contributed by atoms with Gasteiger partial charge in [0, 0.05) is 6.42 Å². The molecule has 0 heterocycles. The molecular weight excluding hydrogens is 206 g/mol. The summed E-state index contributed by atoms with van der Waals surface area (Å²) in [6.07, 6.45) is 5.62. The Kier molecular flexibility index (Phi) is 8.58. The van der Waals surface area contributed by atoms with Gasteiger partial charge in [0.1, 0.15) is 6.04 Å². The lowest BCUT2D eigenvalue weighted by molar-refractivity contribution is -0.142. The van der Waals surface area contributed by atoms with Gasteiger partial charge in [0.15, 0.2) is 0 Å². The van der Waals surface area contributed by atoms with Gasteiger partial charge in [-0.15, -0.1) is 0 Å². The first-order valence-corrected chi connectivity index (χ1v) is 6.14. The average Bonchev–Trinajstić information content (AvgIpc) is 2.25. The van der Waals surface area contributed by atoms with Crippen LogP contribution in [0.2, 0.25) is 0 Å². The van der Waals surface area contributed by atoms with Crippen LogP contribution in [0.5, 0.6) is 0 Å². The van der Waals surface area contributed by atoms with Gasteiger partial charge in [-0.05, 0) is 12.8 Å². The zero-order valence-electron chi connectivity index (χ0n) is 10.3. The average molecular weight is 229 g/mol. The number of hydrogen-bond donors (Lipinski definition) is 2. The van der Waals surface area contributed by atoms with E-state index in [1.54, 1.807) is 0 Å². The predicted molar refractivity (Wildman–Crippen MR) is 63.2 cm³/mol. The number of amides is 1. The molecule has 4 nitrogen and oxygen atoms in total. The van der Waals surface area contributed by atoms with Crippen LogP contribution in [-0.2, 0) is 9.59 Å². The van der Waals surface area contributed by atoms with E-state index < -0.39 is 12.0 Å². The third kappa shape index (κ3) is 7.26. The number of carbonyl (C=O) groups excluding carboxylic acids is 1. The van der Waals surface area contributed by atoms with Crippen LogP contribution in [0.25, 0.3) is 0 Å². The molecule has 1 unspecified atom stereocenters. The van der Waals surface area contributed by atoms with Gasteiger partial charge < -0.3 is 10.4 Å². The molecule has 1 atom stereocenters.